The number of amides is 1. The topological polar surface area (TPSA) is 125 Å². The number of aryl methyl sites for hydroxylation is 1. The molecule has 3 N–H and O–H groups in total. The molecule has 0 saturated heterocycles. The molecule has 0 spiro atoms. The van der Waals surface area contributed by atoms with Crippen molar-refractivity contribution >= 4 is 28.9 Å². The number of nitrogens with one attached hydrogen (secondary N) is 1. The van der Waals surface area contributed by atoms with Gasteiger partial charge in [0.2, 0.25) is 6.41 Å². The van der Waals surface area contributed by atoms with Crippen molar-refractivity contribution in [1.29, 1.82) is 0 Å². The van der Waals surface area contributed by atoms with Gasteiger partial charge in [-0.2, -0.15) is 0 Å². The zero-order chi connectivity index (χ0) is 14.1. The van der Waals surface area contributed by atoms with Gasteiger partial charge in [0.25, 0.3) is 0 Å². The highest BCUT2D eigenvalue weighted by atomic mass is 16.6. The smallest absolute Gasteiger partial charge is 0.211 e. The average molecular weight is 273 g/mol. The first-order valence-electron chi connectivity index (χ1n) is 5.89. The van der Waals surface area contributed by atoms with Crippen molar-refractivity contribution in [3.63, 3.8) is 0 Å². The highest BCUT2D eigenvalue weighted by Gasteiger charge is 2.20. The summed E-state index contributed by atoms with van der Waals surface area (Å²) >= 11 is 0. The maximum absolute atomic E-state index is 10.7. The van der Waals surface area contributed by atoms with Gasteiger partial charge in [0.1, 0.15) is 5.52 Å². The van der Waals surface area contributed by atoms with Crippen molar-refractivity contribution in [2.24, 2.45) is 0 Å². The van der Waals surface area contributed by atoms with E-state index in [0.717, 1.165) is 5.52 Å². The van der Waals surface area contributed by atoms with Gasteiger partial charge in [-0.15, -0.1) is 0 Å². The zero-order valence-electron chi connectivity index (χ0n) is 10.6. The number of pyridine rings is 1. The van der Waals surface area contributed by atoms with E-state index in [0.29, 0.717) is 35.7 Å². The largest absolute Gasteiger partial charge is 0.379 e. The predicted octanol–water partition coefficient (Wildman–Crippen LogP) is 0.652. The van der Waals surface area contributed by atoms with E-state index in [4.69, 9.17) is 5.73 Å². The molecule has 0 aliphatic carbocycles. The summed E-state index contributed by atoms with van der Waals surface area (Å²) in [6.07, 6.45) is 3.75. The number of carbonyl (C=O) groups is 1. The second-order valence-electron chi connectivity index (χ2n) is 3.99. The molecule has 0 saturated carbocycles. The minimum atomic E-state index is 0.160. The Balaban J connectivity index is 2.32. The normalized spacial score (nSPS) is 10.8. The maximum atomic E-state index is 10.7. The van der Waals surface area contributed by atoms with Crippen LogP contribution in [-0.4, -0.2) is 31.3 Å². The molecule has 0 aliphatic rings. The van der Waals surface area contributed by atoms with E-state index < -0.39 is 0 Å². The molecule has 0 fully saturated rings. The molecule has 102 valence electrons. The molecule has 3 aromatic rings. The third-order valence-electron chi connectivity index (χ3n) is 2.91. The number of carbonyl (C=O) groups excluding carboxylic acids is 1. The molecular weight excluding hydrogens is 262 g/mol. The first kappa shape index (κ1) is 12.1. The average Bonchev–Trinajstić information content (AvgIpc) is 3.02. The molecule has 3 rings (SSSR count). The molecule has 0 aromatic carbocycles. The summed E-state index contributed by atoms with van der Waals surface area (Å²) in [4.78, 5) is 19.1. The van der Waals surface area contributed by atoms with Crippen LogP contribution in [0.1, 0.15) is 6.92 Å². The second-order valence-corrected chi connectivity index (χ2v) is 3.99. The van der Waals surface area contributed by atoms with Gasteiger partial charge in [-0.25, -0.2) is 9.61 Å². The first-order chi connectivity index (χ1) is 9.76. The van der Waals surface area contributed by atoms with Crippen LogP contribution in [0.2, 0.25) is 0 Å². The number of hydrogen-bond acceptors (Lipinski definition) is 7. The van der Waals surface area contributed by atoms with E-state index in [1.165, 1.54) is 0 Å². The Hall–Kier alpha value is -2.97. The van der Waals surface area contributed by atoms with Gasteiger partial charge in [-0.05, 0) is 17.2 Å². The van der Waals surface area contributed by atoms with E-state index in [1.54, 1.807) is 12.4 Å². The SMILES string of the molecule is CCn1c(-c2nonc2N)nc2cncc(NC=O)c21. The van der Waals surface area contributed by atoms with E-state index >= 15 is 0 Å². The van der Waals surface area contributed by atoms with Crippen LogP contribution >= 0.6 is 0 Å². The number of fused-ring (bicyclic) bond motifs is 1. The van der Waals surface area contributed by atoms with E-state index in [2.05, 4.69) is 30.2 Å². The number of hydrogen-bond donors (Lipinski definition) is 2. The fourth-order valence-corrected chi connectivity index (χ4v) is 2.10. The van der Waals surface area contributed by atoms with Crippen LogP contribution in [0.15, 0.2) is 17.0 Å². The molecule has 0 aliphatic heterocycles. The lowest BCUT2D eigenvalue weighted by Gasteiger charge is -2.06. The lowest BCUT2D eigenvalue weighted by molar-refractivity contribution is -0.105. The Morgan fingerprint density at radius 3 is 2.95 bits per heavy atom. The predicted molar refractivity (Wildman–Crippen MR) is 70.6 cm³/mol. The minimum Gasteiger partial charge on any atom is -0.379 e. The lowest BCUT2D eigenvalue weighted by atomic mass is 10.3. The van der Waals surface area contributed by atoms with Crippen molar-refractivity contribution < 1.29 is 9.42 Å². The fraction of sp³-hybridized carbons (Fsp3) is 0.182. The third kappa shape index (κ3) is 1.67. The zero-order valence-corrected chi connectivity index (χ0v) is 10.6. The number of nitrogens with two attached hydrogens (primary N) is 1. The summed E-state index contributed by atoms with van der Waals surface area (Å²) < 4.78 is 6.47. The third-order valence-corrected chi connectivity index (χ3v) is 2.91. The van der Waals surface area contributed by atoms with Crippen molar-refractivity contribution in [3.05, 3.63) is 12.4 Å². The molecule has 3 heterocycles. The fourth-order valence-electron chi connectivity index (χ4n) is 2.10. The summed E-state index contributed by atoms with van der Waals surface area (Å²) in [5.74, 6) is 0.677. The van der Waals surface area contributed by atoms with Crippen molar-refractivity contribution in [2.45, 2.75) is 13.5 Å². The molecule has 3 aromatic heterocycles. The van der Waals surface area contributed by atoms with E-state index in [-0.39, 0.29) is 5.82 Å². The quantitative estimate of drug-likeness (QED) is 0.668. The molecule has 9 nitrogen and oxygen atoms in total. The van der Waals surface area contributed by atoms with Crippen LogP contribution in [0.5, 0.6) is 0 Å². The highest BCUT2D eigenvalue weighted by molar-refractivity contribution is 5.94. The Bertz CT molecular complexity index is 776. The minimum absolute atomic E-state index is 0.160. The van der Waals surface area contributed by atoms with Crippen LogP contribution in [0.3, 0.4) is 0 Å². The number of anilines is 2. The molecule has 0 unspecified atom stereocenters. The molecule has 20 heavy (non-hydrogen) atoms. The Labute approximate surface area is 112 Å². The van der Waals surface area contributed by atoms with Crippen LogP contribution < -0.4 is 11.1 Å². The molecular formula is C11H11N7O2. The summed E-state index contributed by atoms with van der Waals surface area (Å²) in [7, 11) is 0. The maximum Gasteiger partial charge on any atom is 0.211 e. The second kappa shape index (κ2) is 4.61. The van der Waals surface area contributed by atoms with Gasteiger partial charge in [-0.1, -0.05) is 0 Å². The van der Waals surface area contributed by atoms with Gasteiger partial charge in [-0.3, -0.25) is 9.78 Å². The number of imidazole rings is 1. The molecule has 0 radical (unpaired) electrons. The summed E-state index contributed by atoms with van der Waals surface area (Å²) in [5, 5.41) is 9.91. The van der Waals surface area contributed by atoms with Gasteiger partial charge < -0.3 is 15.6 Å². The van der Waals surface area contributed by atoms with Gasteiger partial charge in [0.15, 0.2) is 17.3 Å². The lowest BCUT2D eigenvalue weighted by Crippen LogP contribution is -2.03. The Kier molecular flexibility index (Phi) is 2.78. The van der Waals surface area contributed by atoms with Gasteiger partial charge >= 0.3 is 0 Å². The van der Waals surface area contributed by atoms with Gasteiger partial charge in [0.05, 0.1) is 23.6 Å². The molecule has 9 heteroatoms. The van der Waals surface area contributed by atoms with E-state index in [9.17, 15) is 4.79 Å². The highest BCUT2D eigenvalue weighted by Crippen LogP contribution is 2.29. The Morgan fingerprint density at radius 1 is 1.45 bits per heavy atom. The molecule has 0 bridgehead atoms. The first-order valence-corrected chi connectivity index (χ1v) is 5.89. The van der Waals surface area contributed by atoms with Crippen LogP contribution in [0.4, 0.5) is 11.5 Å². The standard InChI is InChI=1S/C11H11N7O2/c1-2-18-9-6(14-5-19)3-13-4-7(9)15-11(18)8-10(12)17-20-16-8/h3-5H,2H2,1H3,(H2,12,17)(H,14,19). The van der Waals surface area contributed by atoms with Crippen molar-refractivity contribution in [2.75, 3.05) is 11.1 Å². The van der Waals surface area contributed by atoms with Crippen molar-refractivity contribution in [3.8, 4) is 11.5 Å². The van der Waals surface area contributed by atoms with Crippen LogP contribution in [0.25, 0.3) is 22.6 Å². The van der Waals surface area contributed by atoms with Crippen LogP contribution in [0, 0.1) is 0 Å². The summed E-state index contributed by atoms with van der Waals surface area (Å²) in [6, 6.07) is 0. The van der Waals surface area contributed by atoms with E-state index in [1.807, 2.05) is 11.5 Å². The number of nitrogen functional groups attached to an aromatic ring is 1. The number of aromatic nitrogens is 5. The number of nitrogens with zero attached hydrogens (tertiary/aromatic N) is 5. The molecule has 1 amide bonds. The summed E-state index contributed by atoms with van der Waals surface area (Å²) in [6.45, 7) is 2.55. The monoisotopic (exact) mass is 273 g/mol. The van der Waals surface area contributed by atoms with Crippen molar-refractivity contribution in [1.82, 2.24) is 24.8 Å². The molecule has 0 atom stereocenters. The van der Waals surface area contributed by atoms with Gasteiger partial charge in [0, 0.05) is 6.54 Å². The Morgan fingerprint density at radius 2 is 2.30 bits per heavy atom. The summed E-state index contributed by atoms with van der Waals surface area (Å²) in [5.41, 5.74) is 7.99. The number of rotatable bonds is 4. The van der Waals surface area contributed by atoms with Crippen LogP contribution in [-0.2, 0) is 11.3 Å².